The Bertz CT molecular complexity index is 309. The average molecular weight is 268 g/mol. The van der Waals surface area contributed by atoms with E-state index in [1.165, 1.54) is 0 Å². The van der Waals surface area contributed by atoms with Gasteiger partial charge in [-0.1, -0.05) is 13.3 Å². The Kier molecular flexibility index (Phi) is 5.22. The third-order valence-electron chi connectivity index (χ3n) is 4.95. The molecule has 1 heterocycles. The molecule has 0 spiro atoms. The predicted octanol–water partition coefficient (Wildman–Crippen LogP) is 1.68. The number of amides is 1. The van der Waals surface area contributed by atoms with Crippen LogP contribution in [0, 0.1) is 17.8 Å². The van der Waals surface area contributed by atoms with Gasteiger partial charge < -0.3 is 15.8 Å². The number of ether oxygens (including phenoxy) is 1. The highest BCUT2D eigenvalue weighted by Gasteiger charge is 2.30. The van der Waals surface area contributed by atoms with Crippen LogP contribution in [0.5, 0.6) is 0 Å². The van der Waals surface area contributed by atoms with E-state index in [1.807, 2.05) is 6.92 Å². The molecule has 4 nitrogen and oxygen atoms in total. The zero-order valence-electron chi connectivity index (χ0n) is 12.2. The van der Waals surface area contributed by atoms with E-state index >= 15 is 0 Å². The Labute approximate surface area is 116 Å². The first-order valence-electron chi connectivity index (χ1n) is 7.72. The van der Waals surface area contributed by atoms with Crippen molar-refractivity contribution in [2.45, 2.75) is 58.1 Å². The van der Waals surface area contributed by atoms with Gasteiger partial charge in [-0.15, -0.1) is 0 Å². The summed E-state index contributed by atoms with van der Waals surface area (Å²) in [5.41, 5.74) is 6.01. The molecule has 0 aromatic heterocycles. The number of nitrogens with one attached hydrogen (secondary N) is 1. The van der Waals surface area contributed by atoms with Crippen LogP contribution >= 0.6 is 0 Å². The summed E-state index contributed by atoms with van der Waals surface area (Å²) in [5.74, 6) is 1.22. The highest BCUT2D eigenvalue weighted by Crippen LogP contribution is 2.29. The molecular formula is C15H28N2O2. The molecule has 2 fully saturated rings. The minimum atomic E-state index is 0.0870. The van der Waals surface area contributed by atoms with E-state index in [9.17, 15) is 4.79 Å². The van der Waals surface area contributed by atoms with Crippen molar-refractivity contribution in [1.29, 1.82) is 0 Å². The summed E-state index contributed by atoms with van der Waals surface area (Å²) < 4.78 is 5.52. The van der Waals surface area contributed by atoms with Gasteiger partial charge in [-0.3, -0.25) is 4.79 Å². The summed E-state index contributed by atoms with van der Waals surface area (Å²) in [6.07, 6.45) is 5.75. The Morgan fingerprint density at radius 3 is 2.84 bits per heavy atom. The van der Waals surface area contributed by atoms with Gasteiger partial charge in [-0.25, -0.2) is 0 Å². The molecule has 5 unspecified atom stereocenters. The van der Waals surface area contributed by atoms with Crippen molar-refractivity contribution in [2.24, 2.45) is 23.5 Å². The number of rotatable bonds is 4. The van der Waals surface area contributed by atoms with Crippen molar-refractivity contribution >= 4 is 5.91 Å². The van der Waals surface area contributed by atoms with E-state index in [2.05, 4.69) is 12.2 Å². The molecule has 0 aromatic rings. The summed E-state index contributed by atoms with van der Waals surface area (Å²) in [4.78, 5) is 12.2. The molecule has 0 radical (unpaired) electrons. The van der Waals surface area contributed by atoms with E-state index in [0.717, 1.165) is 45.3 Å². The molecule has 3 N–H and O–H groups in total. The van der Waals surface area contributed by atoms with Crippen molar-refractivity contribution in [1.82, 2.24) is 5.32 Å². The van der Waals surface area contributed by atoms with Crippen LogP contribution in [0.4, 0.5) is 0 Å². The third-order valence-corrected chi connectivity index (χ3v) is 4.95. The lowest BCUT2D eigenvalue weighted by atomic mass is 9.78. The minimum absolute atomic E-state index is 0.0870. The Hall–Kier alpha value is -0.610. The summed E-state index contributed by atoms with van der Waals surface area (Å²) >= 11 is 0. The quantitative estimate of drug-likeness (QED) is 0.815. The summed E-state index contributed by atoms with van der Waals surface area (Å²) in [7, 11) is 0. The van der Waals surface area contributed by atoms with Crippen LogP contribution in [0.3, 0.4) is 0 Å². The van der Waals surface area contributed by atoms with Crippen molar-refractivity contribution in [3.63, 3.8) is 0 Å². The molecule has 1 amide bonds. The number of carbonyl (C=O) groups is 1. The molecule has 1 saturated carbocycles. The van der Waals surface area contributed by atoms with Crippen molar-refractivity contribution < 1.29 is 9.53 Å². The molecule has 1 aliphatic carbocycles. The highest BCUT2D eigenvalue weighted by molar-refractivity contribution is 5.78. The first-order chi connectivity index (χ1) is 9.08. The molecule has 0 aromatic carbocycles. The summed E-state index contributed by atoms with van der Waals surface area (Å²) in [6.45, 7) is 5.72. The zero-order chi connectivity index (χ0) is 13.8. The maximum atomic E-state index is 12.2. The molecule has 5 atom stereocenters. The van der Waals surface area contributed by atoms with E-state index in [-0.39, 0.29) is 24.0 Å². The first-order valence-corrected chi connectivity index (χ1v) is 7.72. The van der Waals surface area contributed by atoms with Crippen molar-refractivity contribution in [3.05, 3.63) is 0 Å². The Balaban J connectivity index is 1.75. The van der Waals surface area contributed by atoms with Gasteiger partial charge in [0.15, 0.2) is 0 Å². The molecular weight excluding hydrogens is 240 g/mol. The van der Waals surface area contributed by atoms with Gasteiger partial charge >= 0.3 is 0 Å². The van der Waals surface area contributed by atoms with Gasteiger partial charge in [-0.2, -0.15) is 0 Å². The van der Waals surface area contributed by atoms with Crippen LogP contribution in [0.1, 0.15) is 46.0 Å². The fourth-order valence-corrected chi connectivity index (χ4v) is 3.37. The topological polar surface area (TPSA) is 64.3 Å². The van der Waals surface area contributed by atoms with Crippen LogP contribution in [0.15, 0.2) is 0 Å². The Morgan fingerprint density at radius 2 is 2.21 bits per heavy atom. The highest BCUT2D eigenvalue weighted by atomic mass is 16.5. The second-order valence-corrected chi connectivity index (χ2v) is 6.35. The van der Waals surface area contributed by atoms with Gasteiger partial charge in [0, 0.05) is 31.0 Å². The summed E-state index contributed by atoms with van der Waals surface area (Å²) in [5, 5.41) is 3.11. The lowest BCUT2D eigenvalue weighted by Crippen LogP contribution is -2.40. The minimum Gasteiger partial charge on any atom is -0.378 e. The standard InChI is InChI=1S/C15H28N2O2/c1-10(12-4-3-5-14(16)8-12)15(18)17-9-13-6-7-19-11(13)2/h10-14H,3-9,16H2,1-2H3,(H,17,18). The Morgan fingerprint density at radius 1 is 1.42 bits per heavy atom. The number of carbonyl (C=O) groups excluding carboxylic acids is 1. The van der Waals surface area contributed by atoms with E-state index < -0.39 is 0 Å². The molecule has 0 bridgehead atoms. The molecule has 2 rings (SSSR count). The lowest BCUT2D eigenvalue weighted by molar-refractivity contribution is -0.126. The fraction of sp³-hybridized carbons (Fsp3) is 0.933. The van der Waals surface area contributed by atoms with Crippen molar-refractivity contribution in [3.8, 4) is 0 Å². The second-order valence-electron chi connectivity index (χ2n) is 6.35. The molecule has 1 aliphatic heterocycles. The van der Waals surface area contributed by atoms with E-state index in [4.69, 9.17) is 10.5 Å². The average Bonchev–Trinajstić information content (AvgIpc) is 2.80. The smallest absolute Gasteiger partial charge is 0.223 e. The monoisotopic (exact) mass is 268 g/mol. The van der Waals surface area contributed by atoms with E-state index in [0.29, 0.717) is 11.8 Å². The van der Waals surface area contributed by atoms with Gasteiger partial charge in [0.25, 0.3) is 0 Å². The molecule has 1 saturated heterocycles. The van der Waals surface area contributed by atoms with E-state index in [1.54, 1.807) is 0 Å². The molecule has 19 heavy (non-hydrogen) atoms. The predicted molar refractivity (Wildman–Crippen MR) is 75.6 cm³/mol. The largest absolute Gasteiger partial charge is 0.378 e. The maximum Gasteiger partial charge on any atom is 0.223 e. The van der Waals surface area contributed by atoms with Gasteiger partial charge in [-0.05, 0) is 38.5 Å². The number of hydrogen-bond donors (Lipinski definition) is 2. The summed E-state index contributed by atoms with van der Waals surface area (Å²) in [6, 6.07) is 0.289. The fourth-order valence-electron chi connectivity index (χ4n) is 3.37. The SMILES string of the molecule is CC1OCCC1CNC(=O)C(C)C1CCCC(N)C1. The van der Waals surface area contributed by atoms with Gasteiger partial charge in [0.1, 0.15) is 0 Å². The second kappa shape index (κ2) is 6.71. The molecule has 4 heteroatoms. The first kappa shape index (κ1) is 14.8. The van der Waals surface area contributed by atoms with Gasteiger partial charge in [0.2, 0.25) is 5.91 Å². The number of hydrogen-bond acceptors (Lipinski definition) is 3. The number of nitrogens with two attached hydrogens (primary N) is 1. The van der Waals surface area contributed by atoms with Crippen LogP contribution in [0.2, 0.25) is 0 Å². The normalized spacial score (nSPS) is 37.0. The third kappa shape index (κ3) is 3.93. The lowest BCUT2D eigenvalue weighted by Gasteiger charge is -2.30. The maximum absolute atomic E-state index is 12.2. The van der Waals surface area contributed by atoms with Crippen LogP contribution in [-0.2, 0) is 9.53 Å². The zero-order valence-corrected chi connectivity index (χ0v) is 12.2. The van der Waals surface area contributed by atoms with Crippen LogP contribution in [0.25, 0.3) is 0 Å². The van der Waals surface area contributed by atoms with Crippen LogP contribution < -0.4 is 11.1 Å². The molecule has 110 valence electrons. The molecule has 2 aliphatic rings. The van der Waals surface area contributed by atoms with Crippen LogP contribution in [-0.4, -0.2) is 31.2 Å². The van der Waals surface area contributed by atoms with Gasteiger partial charge in [0.05, 0.1) is 6.10 Å². The van der Waals surface area contributed by atoms with Crippen molar-refractivity contribution in [2.75, 3.05) is 13.2 Å².